The Kier molecular flexibility index (Phi) is 6.69. The Morgan fingerprint density at radius 1 is 1.18 bits per heavy atom. The van der Waals surface area contributed by atoms with Gasteiger partial charge in [-0.05, 0) is 50.4 Å². The topological polar surface area (TPSA) is 44.8 Å². The molecule has 1 atom stereocenters. The number of rotatable bonds is 6. The average molecular weight is 399 g/mol. The number of likely N-dealkylation sites (tertiary alicyclic amines) is 1. The van der Waals surface area contributed by atoms with Crippen LogP contribution in [0, 0.1) is 11.8 Å². The van der Waals surface area contributed by atoms with Crippen LogP contribution in [0.3, 0.4) is 0 Å². The first-order valence-corrected chi connectivity index (χ1v) is 9.80. The zero-order valence-electron chi connectivity index (χ0n) is 16.2. The summed E-state index contributed by atoms with van der Waals surface area (Å²) >= 11 is 0. The summed E-state index contributed by atoms with van der Waals surface area (Å²) < 4.78 is 43.6. The van der Waals surface area contributed by atoms with Crippen molar-refractivity contribution in [3.05, 3.63) is 24.3 Å². The number of hydrogen-bond acceptors (Lipinski definition) is 4. The number of piperidine rings is 1. The third kappa shape index (κ3) is 5.31. The van der Waals surface area contributed by atoms with Gasteiger partial charge in [-0.2, -0.15) is 13.2 Å². The van der Waals surface area contributed by atoms with Gasteiger partial charge in [-0.15, -0.1) is 0 Å². The van der Waals surface area contributed by atoms with Crippen molar-refractivity contribution < 1.29 is 22.7 Å². The number of alkyl halides is 3. The van der Waals surface area contributed by atoms with Gasteiger partial charge >= 0.3 is 6.18 Å². The number of carbonyl (C=O) groups is 1. The molecule has 0 saturated carbocycles. The van der Waals surface area contributed by atoms with Gasteiger partial charge in [0.15, 0.2) is 0 Å². The molecular weight excluding hydrogens is 371 g/mol. The van der Waals surface area contributed by atoms with Gasteiger partial charge in [-0.25, -0.2) is 0 Å². The van der Waals surface area contributed by atoms with Crippen LogP contribution in [-0.4, -0.2) is 63.4 Å². The number of amides is 1. The number of methoxy groups -OCH3 is 1. The van der Waals surface area contributed by atoms with Crippen molar-refractivity contribution >= 4 is 11.6 Å². The molecule has 2 fully saturated rings. The van der Waals surface area contributed by atoms with Gasteiger partial charge in [0.25, 0.3) is 0 Å². The summed E-state index contributed by atoms with van der Waals surface area (Å²) in [6.07, 6.45) is -2.99. The van der Waals surface area contributed by atoms with Crippen molar-refractivity contribution in [2.75, 3.05) is 51.3 Å². The van der Waals surface area contributed by atoms with E-state index in [1.54, 1.807) is 7.11 Å². The number of nitrogens with zero attached hydrogens (tertiary/aromatic N) is 2. The summed E-state index contributed by atoms with van der Waals surface area (Å²) in [4.78, 5) is 16.3. The molecule has 1 amide bonds. The minimum Gasteiger partial charge on any atom is -0.495 e. The Morgan fingerprint density at radius 3 is 2.57 bits per heavy atom. The van der Waals surface area contributed by atoms with E-state index < -0.39 is 12.1 Å². The number of carbonyl (C=O) groups excluding carboxylic acids is 1. The van der Waals surface area contributed by atoms with Crippen molar-refractivity contribution in [1.82, 2.24) is 10.2 Å². The molecule has 28 heavy (non-hydrogen) atoms. The normalized spacial score (nSPS) is 21.7. The maximum atomic E-state index is 12.7. The van der Waals surface area contributed by atoms with Crippen LogP contribution in [0.25, 0.3) is 0 Å². The van der Waals surface area contributed by atoms with E-state index in [0.29, 0.717) is 25.6 Å². The summed E-state index contributed by atoms with van der Waals surface area (Å²) in [6, 6.07) is 7.89. The first kappa shape index (κ1) is 20.8. The molecule has 2 aliphatic heterocycles. The minimum absolute atomic E-state index is 0.0767. The number of hydrogen-bond donors (Lipinski definition) is 1. The van der Waals surface area contributed by atoms with Crippen LogP contribution in [0.1, 0.15) is 19.3 Å². The molecule has 8 heteroatoms. The molecule has 0 aromatic heterocycles. The molecule has 0 radical (unpaired) electrons. The molecule has 0 bridgehead atoms. The highest BCUT2D eigenvalue weighted by Crippen LogP contribution is 2.34. The zero-order valence-corrected chi connectivity index (χ0v) is 16.2. The smallest absolute Gasteiger partial charge is 0.391 e. The number of para-hydroxylation sites is 2. The standard InChI is InChI=1S/C20H28F3N3O2/c1-28-18-5-3-2-4-17(18)26-11-6-15(13-26)12-24-19(27)14-25-9-7-16(8-10-25)20(21,22)23/h2-5,15-16H,6-14H2,1H3,(H,24,27). The molecule has 1 aromatic rings. The molecule has 5 nitrogen and oxygen atoms in total. The molecule has 0 spiro atoms. The molecule has 1 N–H and O–H groups in total. The lowest BCUT2D eigenvalue weighted by molar-refractivity contribution is -0.185. The SMILES string of the molecule is COc1ccccc1N1CCC(CNC(=O)CN2CCC(C(F)(F)F)CC2)C1. The van der Waals surface area contributed by atoms with Crippen molar-refractivity contribution in [2.45, 2.75) is 25.4 Å². The molecule has 2 heterocycles. The van der Waals surface area contributed by atoms with Crippen LogP contribution in [0.5, 0.6) is 5.75 Å². The lowest BCUT2D eigenvalue weighted by Gasteiger charge is -2.32. The van der Waals surface area contributed by atoms with Gasteiger partial charge < -0.3 is 15.0 Å². The van der Waals surface area contributed by atoms with Crippen LogP contribution in [0.2, 0.25) is 0 Å². The van der Waals surface area contributed by atoms with E-state index in [-0.39, 0.29) is 25.3 Å². The van der Waals surface area contributed by atoms with E-state index in [9.17, 15) is 18.0 Å². The Bertz CT molecular complexity index is 660. The quantitative estimate of drug-likeness (QED) is 0.799. The molecule has 2 aliphatic rings. The van der Waals surface area contributed by atoms with E-state index >= 15 is 0 Å². The molecule has 0 aliphatic carbocycles. The van der Waals surface area contributed by atoms with Crippen LogP contribution in [0.4, 0.5) is 18.9 Å². The van der Waals surface area contributed by atoms with Crippen molar-refractivity contribution in [2.24, 2.45) is 11.8 Å². The Hall–Kier alpha value is -1.96. The van der Waals surface area contributed by atoms with Crippen LogP contribution in [-0.2, 0) is 4.79 Å². The number of anilines is 1. The van der Waals surface area contributed by atoms with Gasteiger partial charge in [-0.3, -0.25) is 9.69 Å². The van der Waals surface area contributed by atoms with Gasteiger partial charge in [0, 0.05) is 19.6 Å². The summed E-state index contributed by atoms with van der Waals surface area (Å²) in [5.74, 6) is -0.147. The molecular formula is C20H28F3N3O2. The Morgan fingerprint density at radius 2 is 1.89 bits per heavy atom. The largest absolute Gasteiger partial charge is 0.495 e. The average Bonchev–Trinajstić information content (AvgIpc) is 3.15. The minimum atomic E-state index is -4.12. The fraction of sp³-hybridized carbons (Fsp3) is 0.650. The molecule has 2 saturated heterocycles. The van der Waals surface area contributed by atoms with Gasteiger partial charge in [0.2, 0.25) is 5.91 Å². The highest BCUT2D eigenvalue weighted by molar-refractivity contribution is 5.78. The number of nitrogens with one attached hydrogen (secondary N) is 1. The summed E-state index contributed by atoms with van der Waals surface area (Å²) in [7, 11) is 1.66. The lowest BCUT2D eigenvalue weighted by atomic mass is 9.96. The zero-order chi connectivity index (χ0) is 20.1. The van der Waals surface area contributed by atoms with Gasteiger partial charge in [0.1, 0.15) is 5.75 Å². The summed E-state index contributed by atoms with van der Waals surface area (Å²) in [6.45, 7) is 3.16. The summed E-state index contributed by atoms with van der Waals surface area (Å²) in [5.41, 5.74) is 1.06. The van der Waals surface area contributed by atoms with Crippen LogP contribution >= 0.6 is 0 Å². The van der Waals surface area contributed by atoms with Gasteiger partial charge in [-0.1, -0.05) is 12.1 Å². The number of benzene rings is 1. The second-order valence-corrected chi connectivity index (χ2v) is 7.67. The van der Waals surface area contributed by atoms with E-state index in [2.05, 4.69) is 10.2 Å². The first-order chi connectivity index (χ1) is 13.4. The van der Waals surface area contributed by atoms with Gasteiger partial charge in [0.05, 0.1) is 25.3 Å². The maximum Gasteiger partial charge on any atom is 0.391 e. The highest BCUT2D eigenvalue weighted by Gasteiger charge is 2.41. The van der Waals surface area contributed by atoms with Crippen molar-refractivity contribution in [3.8, 4) is 5.75 Å². The third-order valence-electron chi connectivity index (χ3n) is 5.72. The van der Waals surface area contributed by atoms with E-state index in [4.69, 9.17) is 4.74 Å². The van der Waals surface area contributed by atoms with Crippen LogP contribution < -0.4 is 15.0 Å². The monoisotopic (exact) mass is 399 g/mol. The number of halogens is 3. The Labute approximate surface area is 163 Å². The first-order valence-electron chi connectivity index (χ1n) is 9.80. The molecule has 1 aromatic carbocycles. The fourth-order valence-electron chi connectivity index (χ4n) is 4.04. The second kappa shape index (κ2) is 9.03. The highest BCUT2D eigenvalue weighted by atomic mass is 19.4. The van der Waals surface area contributed by atoms with Crippen LogP contribution in [0.15, 0.2) is 24.3 Å². The number of ether oxygens (including phenoxy) is 1. The predicted molar refractivity (Wildman–Crippen MR) is 102 cm³/mol. The second-order valence-electron chi connectivity index (χ2n) is 7.67. The van der Waals surface area contributed by atoms with E-state index in [1.165, 1.54) is 0 Å². The van der Waals surface area contributed by atoms with E-state index in [0.717, 1.165) is 30.9 Å². The maximum absolute atomic E-state index is 12.7. The molecule has 156 valence electrons. The molecule has 3 rings (SSSR count). The van der Waals surface area contributed by atoms with Crippen molar-refractivity contribution in [1.29, 1.82) is 0 Å². The Balaban J connectivity index is 1.39. The summed E-state index contributed by atoms with van der Waals surface area (Å²) in [5, 5.41) is 2.95. The third-order valence-corrected chi connectivity index (χ3v) is 5.72. The van der Waals surface area contributed by atoms with E-state index in [1.807, 2.05) is 29.2 Å². The predicted octanol–water partition coefficient (Wildman–Crippen LogP) is 2.91. The molecule has 1 unspecified atom stereocenters. The lowest BCUT2D eigenvalue weighted by Crippen LogP contribution is -2.44. The fourth-order valence-corrected chi connectivity index (χ4v) is 4.04. The van der Waals surface area contributed by atoms with Crippen molar-refractivity contribution in [3.63, 3.8) is 0 Å².